The molecule has 5 heteroatoms. The van der Waals surface area contributed by atoms with E-state index in [-0.39, 0.29) is 17.9 Å². The first-order chi connectivity index (χ1) is 5.65. The summed E-state index contributed by atoms with van der Waals surface area (Å²) in [6.07, 6.45) is 0.628. The van der Waals surface area contributed by atoms with Crippen LogP contribution in [0.4, 0.5) is 4.79 Å². The van der Waals surface area contributed by atoms with Gasteiger partial charge in [-0.3, -0.25) is 10.1 Å². The van der Waals surface area contributed by atoms with Gasteiger partial charge in [-0.1, -0.05) is 0 Å². The number of carbonyl (C=O) groups is 2. The van der Waals surface area contributed by atoms with Crippen molar-refractivity contribution in [3.05, 3.63) is 0 Å². The van der Waals surface area contributed by atoms with Crippen LogP contribution in [0.15, 0.2) is 0 Å². The van der Waals surface area contributed by atoms with E-state index in [0.29, 0.717) is 19.5 Å². The van der Waals surface area contributed by atoms with Gasteiger partial charge in [-0.25, -0.2) is 4.79 Å². The Morgan fingerprint density at radius 1 is 1.67 bits per heavy atom. The van der Waals surface area contributed by atoms with E-state index in [2.05, 4.69) is 5.32 Å². The van der Waals surface area contributed by atoms with Crippen molar-refractivity contribution in [1.82, 2.24) is 10.2 Å². The van der Waals surface area contributed by atoms with E-state index >= 15 is 0 Å². The second kappa shape index (κ2) is 3.53. The largest absolute Gasteiger partial charge is 0.330 e. The van der Waals surface area contributed by atoms with Gasteiger partial charge in [-0.15, -0.1) is 0 Å². The monoisotopic (exact) mass is 171 g/mol. The van der Waals surface area contributed by atoms with E-state index in [9.17, 15) is 9.59 Å². The van der Waals surface area contributed by atoms with Crippen molar-refractivity contribution in [2.45, 2.75) is 6.42 Å². The van der Waals surface area contributed by atoms with Gasteiger partial charge < -0.3 is 10.6 Å². The number of urea groups is 1. The fraction of sp³-hybridized carbons (Fsp3) is 0.714. The Bertz CT molecular complexity index is 205. The third kappa shape index (κ3) is 1.73. The van der Waals surface area contributed by atoms with Crippen LogP contribution in [0.25, 0.3) is 0 Å². The standard InChI is InChI=1S/C7H13N3O2/c1-10-4-5(2-3-8)6(11)9-7(10)12/h5H,2-4,8H2,1H3,(H,9,11,12). The Balaban J connectivity index is 2.55. The first-order valence-corrected chi connectivity index (χ1v) is 3.91. The van der Waals surface area contributed by atoms with E-state index in [0.717, 1.165) is 0 Å². The van der Waals surface area contributed by atoms with E-state index in [1.54, 1.807) is 7.05 Å². The normalized spacial score (nSPS) is 24.2. The molecule has 1 atom stereocenters. The Morgan fingerprint density at radius 2 is 2.33 bits per heavy atom. The van der Waals surface area contributed by atoms with Crippen LogP contribution in [0.3, 0.4) is 0 Å². The Morgan fingerprint density at radius 3 is 2.92 bits per heavy atom. The van der Waals surface area contributed by atoms with Crippen LogP contribution in [-0.4, -0.2) is 37.0 Å². The Hall–Kier alpha value is -1.10. The highest BCUT2D eigenvalue weighted by Gasteiger charge is 2.28. The summed E-state index contributed by atoms with van der Waals surface area (Å²) in [5.41, 5.74) is 5.32. The minimum Gasteiger partial charge on any atom is -0.330 e. The highest BCUT2D eigenvalue weighted by molar-refractivity contribution is 5.97. The van der Waals surface area contributed by atoms with Crippen molar-refractivity contribution in [2.75, 3.05) is 20.1 Å². The van der Waals surface area contributed by atoms with Crippen LogP contribution in [0, 0.1) is 5.92 Å². The number of amides is 3. The van der Waals surface area contributed by atoms with Crippen molar-refractivity contribution in [1.29, 1.82) is 0 Å². The molecule has 0 aromatic rings. The lowest BCUT2D eigenvalue weighted by molar-refractivity contribution is -0.125. The summed E-state index contributed by atoms with van der Waals surface area (Å²) in [7, 11) is 1.66. The molecule has 12 heavy (non-hydrogen) atoms. The van der Waals surface area contributed by atoms with Gasteiger partial charge in [0.2, 0.25) is 5.91 Å². The fourth-order valence-electron chi connectivity index (χ4n) is 1.22. The molecule has 68 valence electrons. The average molecular weight is 171 g/mol. The van der Waals surface area contributed by atoms with E-state index in [1.807, 2.05) is 0 Å². The van der Waals surface area contributed by atoms with Gasteiger partial charge in [0, 0.05) is 13.6 Å². The molecule has 1 fully saturated rings. The van der Waals surface area contributed by atoms with Gasteiger partial charge in [0.15, 0.2) is 0 Å². The van der Waals surface area contributed by atoms with Crippen molar-refractivity contribution in [2.24, 2.45) is 11.7 Å². The highest BCUT2D eigenvalue weighted by Crippen LogP contribution is 2.09. The third-order valence-corrected chi connectivity index (χ3v) is 1.96. The first-order valence-electron chi connectivity index (χ1n) is 3.91. The lowest BCUT2D eigenvalue weighted by atomic mass is 10.0. The molecular formula is C7H13N3O2. The number of carbonyl (C=O) groups excluding carboxylic acids is 2. The summed E-state index contributed by atoms with van der Waals surface area (Å²) in [5.74, 6) is -0.346. The summed E-state index contributed by atoms with van der Waals surface area (Å²) in [6.45, 7) is 0.946. The third-order valence-electron chi connectivity index (χ3n) is 1.96. The topological polar surface area (TPSA) is 75.4 Å². The van der Waals surface area contributed by atoms with E-state index in [4.69, 9.17) is 5.73 Å². The molecule has 3 amide bonds. The zero-order chi connectivity index (χ0) is 9.14. The van der Waals surface area contributed by atoms with Crippen LogP contribution in [0.1, 0.15) is 6.42 Å². The Kier molecular flexibility index (Phi) is 2.65. The summed E-state index contributed by atoms with van der Waals surface area (Å²) < 4.78 is 0. The minimum atomic E-state index is -0.326. The van der Waals surface area contributed by atoms with Gasteiger partial charge in [0.05, 0.1) is 5.92 Å². The molecule has 3 N–H and O–H groups in total. The predicted octanol–water partition coefficient (Wildman–Crippen LogP) is -0.867. The number of nitrogens with zero attached hydrogens (tertiary/aromatic N) is 1. The molecule has 1 rings (SSSR count). The molecule has 1 heterocycles. The molecule has 0 aromatic heterocycles. The maximum atomic E-state index is 11.1. The summed E-state index contributed by atoms with van der Waals surface area (Å²) in [4.78, 5) is 23.5. The van der Waals surface area contributed by atoms with Crippen LogP contribution in [0.5, 0.6) is 0 Å². The summed E-state index contributed by atoms with van der Waals surface area (Å²) >= 11 is 0. The lowest BCUT2D eigenvalue weighted by Gasteiger charge is -2.28. The van der Waals surface area contributed by atoms with Crippen molar-refractivity contribution in [3.8, 4) is 0 Å². The first kappa shape index (κ1) is 8.99. The number of hydrogen-bond acceptors (Lipinski definition) is 3. The molecule has 1 aliphatic rings. The van der Waals surface area contributed by atoms with E-state index in [1.165, 1.54) is 4.90 Å². The molecule has 0 aliphatic carbocycles. The van der Waals surface area contributed by atoms with Gasteiger partial charge in [0.25, 0.3) is 0 Å². The minimum absolute atomic E-state index is 0.141. The quantitative estimate of drug-likeness (QED) is 0.567. The predicted molar refractivity (Wildman–Crippen MR) is 43.3 cm³/mol. The molecule has 0 radical (unpaired) electrons. The molecule has 1 aliphatic heterocycles. The average Bonchev–Trinajstić information content (AvgIpc) is 2.01. The van der Waals surface area contributed by atoms with Crippen LogP contribution >= 0.6 is 0 Å². The van der Waals surface area contributed by atoms with Gasteiger partial charge >= 0.3 is 6.03 Å². The second-order valence-corrected chi connectivity index (χ2v) is 2.95. The zero-order valence-corrected chi connectivity index (χ0v) is 7.04. The zero-order valence-electron chi connectivity index (χ0n) is 7.04. The fourth-order valence-corrected chi connectivity index (χ4v) is 1.22. The number of nitrogens with one attached hydrogen (secondary N) is 1. The van der Waals surface area contributed by atoms with Crippen LogP contribution in [0.2, 0.25) is 0 Å². The van der Waals surface area contributed by atoms with Crippen LogP contribution < -0.4 is 11.1 Å². The number of imide groups is 1. The maximum absolute atomic E-state index is 11.1. The molecule has 0 aromatic carbocycles. The molecule has 1 saturated heterocycles. The van der Waals surface area contributed by atoms with Gasteiger partial charge in [0.1, 0.15) is 0 Å². The maximum Gasteiger partial charge on any atom is 0.323 e. The molecule has 5 nitrogen and oxygen atoms in total. The van der Waals surface area contributed by atoms with Crippen molar-refractivity contribution >= 4 is 11.9 Å². The number of nitrogens with two attached hydrogens (primary N) is 1. The van der Waals surface area contributed by atoms with Crippen molar-refractivity contribution in [3.63, 3.8) is 0 Å². The second-order valence-electron chi connectivity index (χ2n) is 2.95. The molecular weight excluding hydrogens is 158 g/mol. The summed E-state index contributed by atoms with van der Waals surface area (Å²) in [6, 6.07) is -0.326. The SMILES string of the molecule is CN1CC(CCN)C(=O)NC1=O. The lowest BCUT2D eigenvalue weighted by Crippen LogP contribution is -2.53. The highest BCUT2D eigenvalue weighted by atomic mass is 16.2. The van der Waals surface area contributed by atoms with Crippen molar-refractivity contribution < 1.29 is 9.59 Å². The molecule has 0 bridgehead atoms. The van der Waals surface area contributed by atoms with E-state index < -0.39 is 0 Å². The molecule has 1 unspecified atom stereocenters. The van der Waals surface area contributed by atoms with Crippen LogP contribution in [-0.2, 0) is 4.79 Å². The smallest absolute Gasteiger partial charge is 0.323 e. The Labute approximate surface area is 70.9 Å². The van der Waals surface area contributed by atoms with Gasteiger partial charge in [-0.2, -0.15) is 0 Å². The van der Waals surface area contributed by atoms with Gasteiger partial charge in [-0.05, 0) is 13.0 Å². The molecule has 0 spiro atoms. The molecule has 0 saturated carbocycles. The number of rotatable bonds is 2. The summed E-state index contributed by atoms with van der Waals surface area (Å²) in [5, 5.41) is 2.26. The number of hydrogen-bond donors (Lipinski definition) is 2.